The van der Waals surface area contributed by atoms with E-state index in [4.69, 9.17) is 0 Å². The highest BCUT2D eigenvalue weighted by Gasteiger charge is 2.31. The van der Waals surface area contributed by atoms with Gasteiger partial charge in [-0.15, -0.1) is 0 Å². The first-order chi connectivity index (χ1) is 10.6. The van der Waals surface area contributed by atoms with Crippen molar-refractivity contribution in [2.75, 3.05) is 0 Å². The number of carbonyl (C=O) groups is 1. The molecule has 1 amide bonds. The molecule has 1 atom stereocenters. The molecule has 0 spiro atoms. The number of benzene rings is 1. The van der Waals surface area contributed by atoms with E-state index in [1.54, 1.807) is 25.2 Å². The summed E-state index contributed by atoms with van der Waals surface area (Å²) in [6.07, 6.45) is 9.32. The third-order valence-corrected chi connectivity index (χ3v) is 3.77. The van der Waals surface area contributed by atoms with Crippen LogP contribution >= 0.6 is 0 Å². The summed E-state index contributed by atoms with van der Waals surface area (Å²) in [5.41, 5.74) is 1.02. The second kappa shape index (κ2) is 5.73. The summed E-state index contributed by atoms with van der Waals surface area (Å²) in [6.45, 7) is 2.23. The largest absolute Gasteiger partial charge is 0.381 e. The van der Waals surface area contributed by atoms with Gasteiger partial charge in [-0.3, -0.25) is 4.79 Å². The molecule has 1 aliphatic heterocycles. The van der Waals surface area contributed by atoms with Crippen LogP contribution in [-0.2, 0) is 11.3 Å². The van der Waals surface area contributed by atoms with Gasteiger partial charge in [-0.25, -0.2) is 5.01 Å². The molecule has 1 aromatic carbocycles. The van der Waals surface area contributed by atoms with Crippen molar-refractivity contribution in [2.45, 2.75) is 25.5 Å². The molecule has 3 rings (SSSR count). The Morgan fingerprint density at radius 3 is 2.77 bits per heavy atom. The van der Waals surface area contributed by atoms with Gasteiger partial charge in [-0.05, 0) is 24.6 Å². The molecule has 0 radical (unpaired) electrons. The zero-order valence-electron chi connectivity index (χ0n) is 12.4. The van der Waals surface area contributed by atoms with Crippen LogP contribution in [0.15, 0.2) is 71.4 Å². The molecule has 112 valence electrons. The quantitative estimate of drug-likeness (QED) is 0.871. The number of nitrogens with zero attached hydrogens (tertiary/aromatic N) is 2. The monoisotopic (exact) mass is 294 g/mol. The molecule has 0 aromatic heterocycles. The van der Waals surface area contributed by atoms with Gasteiger partial charge in [-0.1, -0.05) is 48.6 Å². The molecular weight excluding hydrogens is 276 g/mol. The summed E-state index contributed by atoms with van der Waals surface area (Å²) < 4.78 is 0. The zero-order chi connectivity index (χ0) is 15.6. The molecule has 1 N–H and O–H groups in total. The molecule has 4 nitrogen and oxygen atoms in total. The van der Waals surface area contributed by atoms with Crippen LogP contribution in [0.2, 0.25) is 0 Å². The minimum Gasteiger partial charge on any atom is -0.381 e. The van der Waals surface area contributed by atoms with Gasteiger partial charge in [0.15, 0.2) is 0 Å². The molecule has 1 heterocycles. The molecule has 0 saturated heterocycles. The third kappa shape index (κ3) is 2.92. The molecule has 22 heavy (non-hydrogen) atoms. The fraction of sp³-hybridized carbons (Fsp3) is 0.222. The van der Waals surface area contributed by atoms with Crippen LogP contribution in [0.25, 0.3) is 0 Å². The summed E-state index contributed by atoms with van der Waals surface area (Å²) in [5.74, 6) is -0.169. The number of rotatable bonds is 3. The summed E-state index contributed by atoms with van der Waals surface area (Å²) in [4.78, 5) is 12.5. The summed E-state index contributed by atoms with van der Waals surface area (Å²) >= 11 is 0. The lowest BCUT2D eigenvalue weighted by Gasteiger charge is -2.21. The van der Waals surface area contributed by atoms with E-state index in [0.717, 1.165) is 5.56 Å². The van der Waals surface area contributed by atoms with E-state index in [1.807, 2.05) is 42.5 Å². The van der Waals surface area contributed by atoms with Crippen LogP contribution in [-0.4, -0.2) is 27.3 Å². The summed E-state index contributed by atoms with van der Waals surface area (Å²) in [5, 5.41) is 16.3. The number of allylic oxidation sites excluding steroid dienone is 2. The van der Waals surface area contributed by atoms with Crippen LogP contribution in [0.4, 0.5) is 0 Å². The van der Waals surface area contributed by atoms with Crippen molar-refractivity contribution < 1.29 is 9.90 Å². The predicted octanol–water partition coefficient (Wildman–Crippen LogP) is 2.58. The lowest BCUT2D eigenvalue weighted by molar-refractivity contribution is -0.126. The molecule has 1 unspecified atom stereocenters. The van der Waals surface area contributed by atoms with Crippen LogP contribution in [0.1, 0.15) is 18.9 Å². The molecule has 0 bridgehead atoms. The second-order valence-corrected chi connectivity index (χ2v) is 5.57. The van der Waals surface area contributed by atoms with Crippen molar-refractivity contribution in [1.82, 2.24) is 5.01 Å². The van der Waals surface area contributed by atoms with E-state index in [0.29, 0.717) is 24.3 Å². The van der Waals surface area contributed by atoms with Gasteiger partial charge in [0.05, 0.1) is 17.8 Å². The van der Waals surface area contributed by atoms with Crippen molar-refractivity contribution in [3.05, 3.63) is 71.8 Å². The lowest BCUT2D eigenvalue weighted by Crippen LogP contribution is -2.27. The van der Waals surface area contributed by atoms with Crippen molar-refractivity contribution >= 4 is 11.6 Å². The van der Waals surface area contributed by atoms with Gasteiger partial charge in [0.25, 0.3) is 5.91 Å². The second-order valence-electron chi connectivity index (χ2n) is 5.57. The fourth-order valence-electron chi connectivity index (χ4n) is 2.59. The minimum absolute atomic E-state index is 0.169. The average molecular weight is 294 g/mol. The van der Waals surface area contributed by atoms with E-state index in [9.17, 15) is 9.90 Å². The SMILES string of the molecule is CC1=NN(Cc2ccccc2)C(=O)C1=CC1(O)C=CC=CC1. The van der Waals surface area contributed by atoms with E-state index in [-0.39, 0.29) is 5.91 Å². The summed E-state index contributed by atoms with van der Waals surface area (Å²) in [7, 11) is 0. The van der Waals surface area contributed by atoms with Gasteiger partial charge >= 0.3 is 0 Å². The molecular formula is C18H18N2O2. The minimum atomic E-state index is -1.11. The number of hydrogen-bond acceptors (Lipinski definition) is 3. The number of hydrazone groups is 1. The average Bonchev–Trinajstić information content (AvgIpc) is 2.76. The Balaban J connectivity index is 1.81. The normalized spacial score (nSPS) is 25.9. The highest BCUT2D eigenvalue weighted by atomic mass is 16.3. The third-order valence-electron chi connectivity index (χ3n) is 3.77. The Morgan fingerprint density at radius 1 is 1.32 bits per heavy atom. The number of amides is 1. The Bertz CT molecular complexity index is 701. The van der Waals surface area contributed by atoms with E-state index >= 15 is 0 Å². The van der Waals surface area contributed by atoms with Crippen LogP contribution < -0.4 is 0 Å². The topological polar surface area (TPSA) is 52.9 Å². The fourth-order valence-corrected chi connectivity index (χ4v) is 2.59. The lowest BCUT2D eigenvalue weighted by atomic mass is 9.92. The maximum Gasteiger partial charge on any atom is 0.275 e. The summed E-state index contributed by atoms with van der Waals surface area (Å²) in [6, 6.07) is 9.73. The Hall–Kier alpha value is -2.46. The van der Waals surface area contributed by atoms with Crippen LogP contribution in [0.5, 0.6) is 0 Å². The van der Waals surface area contributed by atoms with Gasteiger partial charge in [0, 0.05) is 6.42 Å². The Morgan fingerprint density at radius 2 is 2.09 bits per heavy atom. The van der Waals surface area contributed by atoms with E-state index in [1.165, 1.54) is 5.01 Å². The Labute approximate surface area is 129 Å². The van der Waals surface area contributed by atoms with Crippen molar-refractivity contribution in [3.63, 3.8) is 0 Å². The van der Waals surface area contributed by atoms with Crippen molar-refractivity contribution in [1.29, 1.82) is 0 Å². The van der Waals surface area contributed by atoms with Crippen molar-refractivity contribution in [3.8, 4) is 0 Å². The number of hydrogen-bond donors (Lipinski definition) is 1. The Kier molecular flexibility index (Phi) is 3.77. The molecule has 1 aliphatic carbocycles. The molecule has 1 aromatic rings. The number of aliphatic hydroxyl groups is 1. The molecule has 0 fully saturated rings. The molecule has 4 heteroatoms. The first-order valence-electron chi connectivity index (χ1n) is 7.28. The maximum atomic E-state index is 12.5. The van der Waals surface area contributed by atoms with E-state index in [2.05, 4.69) is 5.10 Å². The van der Waals surface area contributed by atoms with Gasteiger partial charge in [0.1, 0.15) is 5.60 Å². The van der Waals surface area contributed by atoms with Gasteiger partial charge in [-0.2, -0.15) is 5.10 Å². The highest BCUT2D eigenvalue weighted by Crippen LogP contribution is 2.25. The van der Waals surface area contributed by atoms with Crippen LogP contribution in [0, 0.1) is 0 Å². The maximum absolute atomic E-state index is 12.5. The standard InChI is InChI=1S/C18H18N2O2/c1-14-16(12-18(22)10-6-3-7-11-18)17(21)20(19-14)13-15-8-4-2-5-9-15/h2-10,12,22H,11,13H2,1H3. The van der Waals surface area contributed by atoms with E-state index < -0.39 is 5.60 Å². The van der Waals surface area contributed by atoms with Crippen LogP contribution in [0.3, 0.4) is 0 Å². The zero-order valence-corrected chi connectivity index (χ0v) is 12.4. The predicted molar refractivity (Wildman–Crippen MR) is 86.0 cm³/mol. The number of carbonyl (C=O) groups excluding carboxylic acids is 1. The molecule has 2 aliphatic rings. The first-order valence-corrected chi connectivity index (χ1v) is 7.28. The smallest absolute Gasteiger partial charge is 0.275 e. The van der Waals surface area contributed by atoms with Gasteiger partial charge < -0.3 is 5.11 Å². The van der Waals surface area contributed by atoms with Crippen molar-refractivity contribution in [2.24, 2.45) is 5.10 Å². The highest BCUT2D eigenvalue weighted by molar-refractivity contribution is 6.23. The van der Waals surface area contributed by atoms with Gasteiger partial charge in [0.2, 0.25) is 0 Å². The molecule has 0 saturated carbocycles. The first kappa shape index (κ1) is 14.5.